The van der Waals surface area contributed by atoms with Crippen LogP contribution in [0.25, 0.3) is 33.4 Å². The summed E-state index contributed by atoms with van der Waals surface area (Å²) in [6, 6.07) is 14.6. The van der Waals surface area contributed by atoms with E-state index >= 15 is 8.78 Å². The lowest BCUT2D eigenvalue weighted by atomic mass is 9.68. The van der Waals surface area contributed by atoms with Gasteiger partial charge in [-0.15, -0.1) is 0 Å². The minimum absolute atomic E-state index is 0.159. The molecule has 1 atom stereocenters. The topological polar surface area (TPSA) is 147 Å². The van der Waals surface area contributed by atoms with E-state index in [-0.39, 0.29) is 31.3 Å². The summed E-state index contributed by atoms with van der Waals surface area (Å²) in [5.74, 6) is -2.98. The number of amides is 4. The Balaban J connectivity index is 0.877. The molecule has 8 heterocycles. The average Bonchev–Trinajstić information content (AvgIpc) is 3.89. The van der Waals surface area contributed by atoms with Gasteiger partial charge in [-0.05, 0) is 86.4 Å². The number of carbonyl (C=O) groups is 3. The van der Waals surface area contributed by atoms with Crippen LogP contribution in [0.5, 0.6) is 0 Å². The van der Waals surface area contributed by atoms with Gasteiger partial charge in [0.1, 0.15) is 11.4 Å². The second-order valence-corrected chi connectivity index (χ2v) is 17.8. The smallest absolute Gasteiger partial charge is 0.328 e. The molecule has 4 aliphatic rings. The molecule has 0 unspecified atom stereocenters. The second kappa shape index (κ2) is 17.0. The lowest BCUT2D eigenvalue weighted by Crippen LogP contribution is -2.58. The number of methoxy groups -OCH3 is 1. The Bertz CT molecular complexity index is 2570. The van der Waals surface area contributed by atoms with Crippen LogP contribution < -0.4 is 15.5 Å². The number of aromatic nitrogens is 4. The van der Waals surface area contributed by atoms with Crippen LogP contribution in [-0.2, 0) is 44.8 Å². The number of benzene rings is 1. The van der Waals surface area contributed by atoms with E-state index in [2.05, 4.69) is 20.5 Å². The van der Waals surface area contributed by atoms with Gasteiger partial charge in [0.05, 0.1) is 52.7 Å². The van der Waals surface area contributed by atoms with Crippen molar-refractivity contribution in [1.29, 1.82) is 0 Å². The zero-order valence-corrected chi connectivity index (χ0v) is 36.3. The lowest BCUT2D eigenvalue weighted by molar-refractivity contribution is -0.189. The van der Waals surface area contributed by atoms with E-state index in [1.54, 1.807) is 36.4 Å². The molecule has 4 fully saturated rings. The first-order valence-electron chi connectivity index (χ1n) is 21.3. The number of hydrogen-bond donors (Lipinski definition) is 2. The summed E-state index contributed by atoms with van der Waals surface area (Å²) in [6.45, 7) is 4.77. The van der Waals surface area contributed by atoms with Gasteiger partial charge in [-0.3, -0.25) is 34.6 Å². The van der Waals surface area contributed by atoms with Crippen molar-refractivity contribution in [2.24, 2.45) is 12.5 Å². The molecule has 17 heteroatoms. The highest BCUT2D eigenvalue weighted by Crippen LogP contribution is 2.51. The van der Waals surface area contributed by atoms with Crippen LogP contribution in [0.1, 0.15) is 55.8 Å². The number of alkyl halides is 2. The number of rotatable bonds is 10. The average molecular weight is 882 g/mol. The number of halogens is 3. The van der Waals surface area contributed by atoms with Gasteiger partial charge < -0.3 is 19.4 Å². The Morgan fingerprint density at radius 2 is 1.70 bits per heavy atom. The first-order valence-corrected chi connectivity index (χ1v) is 21.7. The number of anilines is 2. The van der Waals surface area contributed by atoms with Gasteiger partial charge in [0.25, 0.3) is 5.92 Å². The minimum atomic E-state index is -2.88. The summed E-state index contributed by atoms with van der Waals surface area (Å²) >= 11 is 6.43. The van der Waals surface area contributed by atoms with Crippen molar-refractivity contribution in [2.45, 2.75) is 63.6 Å². The van der Waals surface area contributed by atoms with Crippen LogP contribution >= 0.6 is 11.6 Å². The third-order valence-electron chi connectivity index (χ3n) is 13.3. The molecule has 0 saturated carbocycles. The van der Waals surface area contributed by atoms with Gasteiger partial charge >= 0.3 is 6.03 Å². The molecule has 0 bridgehead atoms. The molecule has 1 aromatic carbocycles. The Morgan fingerprint density at radius 3 is 2.40 bits per heavy atom. The van der Waals surface area contributed by atoms with Gasteiger partial charge in [0.2, 0.25) is 11.8 Å². The minimum Gasteiger partial charge on any atom is -0.378 e. The molecular weight excluding hydrogens is 832 g/mol. The fourth-order valence-corrected chi connectivity index (χ4v) is 9.85. The highest BCUT2D eigenvalue weighted by Gasteiger charge is 2.57. The molecule has 330 valence electrons. The van der Waals surface area contributed by atoms with Gasteiger partial charge in [-0.25, -0.2) is 23.5 Å². The molecule has 9 rings (SSSR count). The molecule has 5 aromatic rings. The van der Waals surface area contributed by atoms with E-state index in [1.165, 1.54) is 11.8 Å². The van der Waals surface area contributed by atoms with Crippen LogP contribution in [0, 0.1) is 5.41 Å². The first kappa shape index (κ1) is 42.9. The summed E-state index contributed by atoms with van der Waals surface area (Å²) in [6.07, 6.45) is 7.60. The highest BCUT2D eigenvalue weighted by atomic mass is 35.5. The number of piperidine rings is 2. The molecule has 1 spiro atoms. The molecule has 14 nitrogen and oxygen atoms in total. The number of hydrogen-bond acceptors (Lipinski definition) is 10. The lowest BCUT2D eigenvalue weighted by Gasteiger charge is -2.51. The summed E-state index contributed by atoms with van der Waals surface area (Å²) < 4.78 is 46.3. The number of aryl methyl sites for hydroxylation is 1. The molecule has 4 aromatic heterocycles. The Hall–Kier alpha value is -5.39. The summed E-state index contributed by atoms with van der Waals surface area (Å²) in [5.41, 5.74) is 5.24. The number of carbonyl (C=O) groups excluding carboxylic acids is 3. The Labute approximate surface area is 368 Å². The van der Waals surface area contributed by atoms with E-state index < -0.39 is 23.0 Å². The standard InChI is InChI=1S/C46H50ClF2N9O5/c1-29(59)52-41-21-33-34(26-55(2)39(33)23-51-41)37-19-32(20-40(53-37)45(62-3)12-17-63-28-45)36-7-5-31(22-50-36)25-56-14-9-44(10-15-56)11-16-57(27-46(44,48)49)24-30-4-6-35(47)38(18-30)58-13-8-42(60)54-43(58)61/h4-7,18-23,26H,8-17,24-25,27-28H2,1-3H3,(H,51,52,59)(H,54,60,61)/t45-/m0/s1. The number of ether oxygens (including phenoxy) is 2. The molecular formula is C46H50ClF2N9O5. The van der Waals surface area contributed by atoms with Crippen molar-refractivity contribution in [3.63, 3.8) is 0 Å². The molecule has 4 saturated heterocycles. The van der Waals surface area contributed by atoms with E-state index in [0.29, 0.717) is 93.8 Å². The summed E-state index contributed by atoms with van der Waals surface area (Å²) in [7, 11) is 3.62. The number of fused-ring (bicyclic) bond motifs is 1. The van der Waals surface area contributed by atoms with Crippen molar-refractivity contribution >= 4 is 51.9 Å². The summed E-state index contributed by atoms with van der Waals surface area (Å²) in [5, 5.41) is 6.33. The van der Waals surface area contributed by atoms with E-state index in [4.69, 9.17) is 31.0 Å². The van der Waals surface area contributed by atoms with Gasteiger partial charge in [-0.2, -0.15) is 0 Å². The van der Waals surface area contributed by atoms with Gasteiger partial charge in [0, 0.05) is 94.5 Å². The van der Waals surface area contributed by atoms with Crippen LogP contribution in [0.15, 0.2) is 67.1 Å². The fourth-order valence-electron chi connectivity index (χ4n) is 9.63. The number of imide groups is 1. The maximum absolute atomic E-state index is 16.2. The highest BCUT2D eigenvalue weighted by molar-refractivity contribution is 6.34. The number of nitrogens with zero attached hydrogens (tertiary/aromatic N) is 7. The van der Waals surface area contributed by atoms with E-state index in [1.807, 2.05) is 54.3 Å². The van der Waals surface area contributed by atoms with Crippen molar-refractivity contribution in [1.82, 2.24) is 34.6 Å². The van der Waals surface area contributed by atoms with Gasteiger partial charge in [0.15, 0.2) is 0 Å². The monoisotopic (exact) mass is 881 g/mol. The molecule has 4 amide bonds. The molecule has 0 radical (unpaired) electrons. The predicted molar refractivity (Wildman–Crippen MR) is 234 cm³/mol. The maximum Gasteiger partial charge on any atom is 0.328 e. The van der Waals surface area contributed by atoms with Crippen LogP contribution in [0.2, 0.25) is 5.02 Å². The Kier molecular flexibility index (Phi) is 11.5. The first-order chi connectivity index (χ1) is 30.2. The van der Waals surface area contributed by atoms with Crippen molar-refractivity contribution in [3.05, 3.63) is 89.0 Å². The van der Waals surface area contributed by atoms with Gasteiger partial charge in [-0.1, -0.05) is 23.7 Å². The van der Waals surface area contributed by atoms with E-state index in [0.717, 1.165) is 44.5 Å². The van der Waals surface area contributed by atoms with Crippen molar-refractivity contribution in [3.8, 4) is 22.5 Å². The van der Waals surface area contributed by atoms with E-state index in [9.17, 15) is 14.4 Å². The third kappa shape index (κ3) is 8.42. The quantitative estimate of drug-likeness (QED) is 0.148. The van der Waals surface area contributed by atoms with Crippen LogP contribution in [-0.4, -0.2) is 106 Å². The van der Waals surface area contributed by atoms with Crippen molar-refractivity contribution in [2.75, 3.05) is 63.3 Å². The zero-order chi connectivity index (χ0) is 44.1. The number of urea groups is 1. The normalized spacial score (nSPS) is 21.6. The molecule has 2 N–H and O–H groups in total. The molecule has 4 aliphatic heterocycles. The zero-order valence-electron chi connectivity index (χ0n) is 35.6. The number of nitrogens with one attached hydrogen (secondary N) is 2. The number of pyridine rings is 3. The second-order valence-electron chi connectivity index (χ2n) is 17.4. The largest absolute Gasteiger partial charge is 0.378 e. The molecule has 63 heavy (non-hydrogen) atoms. The maximum atomic E-state index is 16.2. The fraction of sp³-hybridized carbons (Fsp3) is 0.435. The number of likely N-dealkylation sites (tertiary alicyclic amines) is 2. The summed E-state index contributed by atoms with van der Waals surface area (Å²) in [4.78, 5) is 55.9. The molecule has 0 aliphatic carbocycles. The third-order valence-corrected chi connectivity index (χ3v) is 13.6. The van der Waals surface area contributed by atoms with Crippen LogP contribution in [0.4, 0.5) is 25.1 Å². The predicted octanol–water partition coefficient (Wildman–Crippen LogP) is 7.14. The van der Waals surface area contributed by atoms with Crippen molar-refractivity contribution < 1.29 is 32.6 Å². The SMILES string of the molecule is CO[C@@]1(c2cc(-c3ccc(CN4CCC5(CC4)CCN(Cc4ccc(Cl)c(N6CCC(=O)NC6=O)c4)CC5(F)F)cn3)cc(-c3cn(C)c4cnc(NC(C)=O)cc34)n2)CCOC1. The van der Waals surface area contributed by atoms with Crippen LogP contribution in [0.3, 0.4) is 0 Å². The Morgan fingerprint density at radius 1 is 0.937 bits per heavy atom.